The van der Waals surface area contributed by atoms with Crippen LogP contribution in [0.1, 0.15) is 0 Å². The molecule has 0 bridgehead atoms. The minimum Gasteiger partial charge on any atom is -0.362 e. The van der Waals surface area contributed by atoms with Gasteiger partial charge in [-0.05, 0) is 0 Å². The number of ether oxygens (including phenoxy) is 1. The molecule has 0 saturated carbocycles. The van der Waals surface area contributed by atoms with E-state index in [4.69, 9.17) is 26.7 Å². The largest absolute Gasteiger partial charge is 0.362 e. The minimum atomic E-state index is -1.32. The van der Waals surface area contributed by atoms with Gasteiger partial charge in [-0.15, -0.1) is 6.42 Å². The monoisotopic (exact) mass is 252 g/mol. The fraction of sp³-hybridized carbons (Fsp3) is 0.714. The van der Waals surface area contributed by atoms with Crippen LogP contribution in [0.5, 0.6) is 0 Å². The molecule has 4 N–H and O–H groups in total. The molecule has 1 rings (SSSR count). The van der Waals surface area contributed by atoms with E-state index in [1.165, 1.54) is 0 Å². The Hall–Kier alpha value is 0.530. The average Bonchev–Trinajstić information content (AvgIpc) is 2.16. The Balaban J connectivity index is 2.38. The minimum absolute atomic E-state index is 0.00870. The Morgan fingerprint density at radius 3 is 2.57 bits per heavy atom. The topological polar surface area (TPSA) is 70.5 Å². The smallest absolute Gasteiger partial charge is 0.176 e. The normalized spacial score (nSPS) is 27.6. The molecule has 0 aromatic rings. The summed E-state index contributed by atoms with van der Waals surface area (Å²) in [7, 11) is 2.18. The van der Waals surface area contributed by atoms with Crippen LogP contribution in [0.2, 0.25) is 0 Å². The Kier molecular flexibility index (Phi) is 6.22. The third-order valence-electron chi connectivity index (χ3n) is 1.60. The van der Waals surface area contributed by atoms with Gasteiger partial charge < -0.3 is 9.26 Å². The van der Waals surface area contributed by atoms with Gasteiger partial charge in [0.2, 0.25) is 0 Å². The first-order valence-electron chi connectivity index (χ1n) is 4.00. The first kappa shape index (κ1) is 12.6. The van der Waals surface area contributed by atoms with Gasteiger partial charge in [0, 0.05) is 11.5 Å². The molecule has 1 aliphatic heterocycles. The Labute approximate surface area is 93.2 Å². The lowest BCUT2D eigenvalue weighted by atomic mass is 10.2. The van der Waals surface area contributed by atoms with Crippen LogP contribution in [0.15, 0.2) is 0 Å². The number of hydrogen-bond acceptors (Lipinski definition) is 6. The zero-order valence-corrected chi connectivity index (χ0v) is 10.1. The zero-order chi connectivity index (χ0) is 10.4. The van der Waals surface area contributed by atoms with Gasteiger partial charge in [-0.2, -0.15) is 0 Å². The lowest BCUT2D eigenvalue weighted by Gasteiger charge is -2.30. The molecule has 80 valence electrons. The second-order valence-corrected chi connectivity index (χ2v) is 6.11. The van der Waals surface area contributed by atoms with Crippen molar-refractivity contribution in [3.8, 4) is 12.3 Å². The van der Waals surface area contributed by atoms with Gasteiger partial charge in [0.05, 0.1) is 6.10 Å². The predicted octanol–water partition coefficient (Wildman–Crippen LogP) is 0.929. The third kappa shape index (κ3) is 4.37. The summed E-state index contributed by atoms with van der Waals surface area (Å²) in [4.78, 5) is 0. The lowest BCUT2D eigenvalue weighted by molar-refractivity contribution is 0.0176. The van der Waals surface area contributed by atoms with E-state index in [1.54, 1.807) is 21.6 Å². The fourth-order valence-corrected chi connectivity index (χ4v) is 4.07. The van der Waals surface area contributed by atoms with Crippen molar-refractivity contribution >= 4 is 30.0 Å². The van der Waals surface area contributed by atoms with Crippen molar-refractivity contribution < 1.29 is 9.26 Å². The van der Waals surface area contributed by atoms with Gasteiger partial charge in [0.1, 0.15) is 12.7 Å². The maximum atomic E-state index is 5.45. The Morgan fingerprint density at radius 1 is 1.36 bits per heavy atom. The molecule has 0 spiro atoms. The molecule has 4 nitrogen and oxygen atoms in total. The highest BCUT2D eigenvalue weighted by molar-refractivity contribution is 8.76. The van der Waals surface area contributed by atoms with E-state index in [0.717, 1.165) is 11.5 Å². The van der Waals surface area contributed by atoms with Gasteiger partial charge in [0.25, 0.3) is 0 Å². The first-order chi connectivity index (χ1) is 6.74. The van der Waals surface area contributed by atoms with Crippen LogP contribution in [0.4, 0.5) is 0 Å². The molecule has 0 radical (unpaired) electrons. The van der Waals surface area contributed by atoms with Crippen LogP contribution in [0.25, 0.3) is 0 Å². The molecule has 0 amide bonds. The molecule has 0 aromatic carbocycles. The zero-order valence-electron chi connectivity index (χ0n) is 7.59. The Bertz CT molecular complexity index is 212. The second-order valence-electron chi connectivity index (χ2n) is 2.63. The highest BCUT2D eigenvalue weighted by atomic mass is 33.1. The van der Waals surface area contributed by atoms with E-state index in [2.05, 4.69) is 5.92 Å². The summed E-state index contributed by atoms with van der Waals surface area (Å²) in [5.41, 5.74) is 10.8. The summed E-state index contributed by atoms with van der Waals surface area (Å²) in [5.74, 6) is 4.14. The predicted molar refractivity (Wildman–Crippen MR) is 63.7 cm³/mol. The SMILES string of the molecule is C#CCO[C@H]1CSSC[C@@H]1OP(N)N. The van der Waals surface area contributed by atoms with Gasteiger partial charge >= 0.3 is 0 Å². The molecule has 0 unspecified atom stereocenters. The van der Waals surface area contributed by atoms with E-state index in [-0.39, 0.29) is 12.2 Å². The molecular formula is C7H13N2O2PS2. The molecular weight excluding hydrogens is 239 g/mol. The third-order valence-corrected chi connectivity index (χ3v) is 4.53. The average molecular weight is 252 g/mol. The van der Waals surface area contributed by atoms with E-state index in [9.17, 15) is 0 Å². The molecule has 1 saturated heterocycles. The molecule has 14 heavy (non-hydrogen) atoms. The van der Waals surface area contributed by atoms with Crippen LogP contribution < -0.4 is 11.0 Å². The second kappa shape index (κ2) is 6.91. The van der Waals surface area contributed by atoms with Gasteiger partial charge in [-0.1, -0.05) is 27.5 Å². The number of hydrogen-bond donors (Lipinski definition) is 2. The van der Waals surface area contributed by atoms with E-state index >= 15 is 0 Å². The number of nitrogens with two attached hydrogens (primary N) is 2. The van der Waals surface area contributed by atoms with Crippen LogP contribution in [0.3, 0.4) is 0 Å². The van der Waals surface area contributed by atoms with Crippen molar-refractivity contribution in [1.29, 1.82) is 0 Å². The van der Waals surface area contributed by atoms with Crippen molar-refractivity contribution in [2.24, 2.45) is 11.0 Å². The van der Waals surface area contributed by atoms with E-state index in [0.29, 0.717) is 6.61 Å². The molecule has 0 aliphatic carbocycles. The fourth-order valence-electron chi connectivity index (χ4n) is 1.01. The molecule has 1 aliphatic rings. The van der Waals surface area contributed by atoms with Gasteiger partial charge in [0.15, 0.2) is 8.45 Å². The number of rotatable bonds is 4. The summed E-state index contributed by atoms with van der Waals surface area (Å²) in [6.07, 6.45) is 5.10. The van der Waals surface area contributed by atoms with Crippen LogP contribution in [-0.2, 0) is 9.26 Å². The standard InChI is InChI=1S/C7H13N2O2PS2/c1-2-3-10-6-4-13-14-5-7(6)11-12(8)9/h1,6-7H,3-5,8-9H2/t6-,7-/m0/s1. The molecule has 0 aromatic heterocycles. The maximum Gasteiger partial charge on any atom is 0.176 e. The lowest BCUT2D eigenvalue weighted by Crippen LogP contribution is -2.38. The summed E-state index contributed by atoms with van der Waals surface area (Å²) in [5, 5.41) is 0. The summed E-state index contributed by atoms with van der Waals surface area (Å²) in [6, 6.07) is 0. The molecule has 7 heteroatoms. The van der Waals surface area contributed by atoms with Crippen molar-refractivity contribution in [3.05, 3.63) is 0 Å². The molecule has 1 fully saturated rings. The Morgan fingerprint density at radius 2 is 2.00 bits per heavy atom. The summed E-state index contributed by atoms with van der Waals surface area (Å²) < 4.78 is 10.8. The quantitative estimate of drug-likeness (QED) is 0.440. The van der Waals surface area contributed by atoms with Crippen molar-refractivity contribution in [2.45, 2.75) is 12.2 Å². The van der Waals surface area contributed by atoms with Crippen molar-refractivity contribution in [3.63, 3.8) is 0 Å². The van der Waals surface area contributed by atoms with Crippen LogP contribution in [0, 0.1) is 12.3 Å². The van der Waals surface area contributed by atoms with Crippen LogP contribution >= 0.6 is 30.0 Å². The first-order valence-corrected chi connectivity index (χ1v) is 7.88. The van der Waals surface area contributed by atoms with Crippen molar-refractivity contribution in [1.82, 2.24) is 0 Å². The van der Waals surface area contributed by atoms with E-state index in [1.807, 2.05) is 0 Å². The molecule has 1 heterocycles. The highest BCUT2D eigenvalue weighted by Gasteiger charge is 2.28. The van der Waals surface area contributed by atoms with E-state index < -0.39 is 8.45 Å². The summed E-state index contributed by atoms with van der Waals surface area (Å²) >= 11 is 0. The number of terminal acetylenes is 1. The van der Waals surface area contributed by atoms with Crippen LogP contribution in [-0.4, -0.2) is 30.3 Å². The van der Waals surface area contributed by atoms with Gasteiger partial charge in [-0.25, -0.2) is 0 Å². The molecule has 2 atom stereocenters. The highest BCUT2D eigenvalue weighted by Crippen LogP contribution is 2.35. The van der Waals surface area contributed by atoms with Gasteiger partial charge in [-0.3, -0.25) is 11.0 Å². The maximum absolute atomic E-state index is 5.45. The summed E-state index contributed by atoms with van der Waals surface area (Å²) in [6.45, 7) is 0.308. The van der Waals surface area contributed by atoms with Crippen molar-refractivity contribution in [2.75, 3.05) is 18.1 Å².